The Balaban J connectivity index is 1.74. The number of anilines is 1. The summed E-state index contributed by atoms with van der Waals surface area (Å²) in [6.07, 6.45) is 0.0685. The first-order valence-corrected chi connectivity index (χ1v) is 12.1. The lowest BCUT2D eigenvalue weighted by Gasteiger charge is -2.14. The van der Waals surface area contributed by atoms with Crippen molar-refractivity contribution < 1.29 is 27.1 Å². The largest absolute Gasteiger partial charge is 0.493 e. The van der Waals surface area contributed by atoms with Crippen LogP contribution in [0.2, 0.25) is 10.0 Å². The molecule has 0 aliphatic rings. The van der Waals surface area contributed by atoms with Gasteiger partial charge >= 0.3 is 0 Å². The Kier molecular flexibility index (Phi) is 8.37. The maximum Gasteiger partial charge on any atom is 0.241 e. The highest BCUT2D eigenvalue weighted by atomic mass is 35.5. The SMILES string of the molecule is COc1ccc(S(=O)(=O)NCC(=O)Nc2ccc(Cl)cc2Cc2c(F)cccc2Cl)cc1OC. The van der Waals surface area contributed by atoms with Crippen LogP contribution in [0, 0.1) is 5.82 Å². The molecular weight excluding hydrogens is 506 g/mol. The highest BCUT2D eigenvalue weighted by molar-refractivity contribution is 7.89. The van der Waals surface area contributed by atoms with E-state index in [0.717, 1.165) is 0 Å². The number of methoxy groups -OCH3 is 2. The van der Waals surface area contributed by atoms with E-state index in [1.807, 2.05) is 0 Å². The topological polar surface area (TPSA) is 93.7 Å². The lowest BCUT2D eigenvalue weighted by Crippen LogP contribution is -2.33. The van der Waals surface area contributed by atoms with Gasteiger partial charge in [0.2, 0.25) is 15.9 Å². The summed E-state index contributed by atoms with van der Waals surface area (Å²) in [5.41, 5.74) is 1.10. The fraction of sp³-hybridized carbons (Fsp3) is 0.174. The Hall–Kier alpha value is -2.85. The molecule has 0 saturated carbocycles. The lowest BCUT2D eigenvalue weighted by molar-refractivity contribution is -0.115. The number of amides is 1. The smallest absolute Gasteiger partial charge is 0.241 e. The van der Waals surface area contributed by atoms with E-state index in [2.05, 4.69) is 10.0 Å². The van der Waals surface area contributed by atoms with Gasteiger partial charge in [0.1, 0.15) is 5.82 Å². The Morgan fingerprint density at radius 1 is 1.00 bits per heavy atom. The Bertz CT molecular complexity index is 1300. The molecule has 0 saturated heterocycles. The van der Waals surface area contributed by atoms with E-state index in [9.17, 15) is 17.6 Å². The van der Waals surface area contributed by atoms with Crippen LogP contribution in [0.4, 0.5) is 10.1 Å². The van der Waals surface area contributed by atoms with Crippen LogP contribution in [-0.2, 0) is 21.2 Å². The summed E-state index contributed by atoms with van der Waals surface area (Å²) in [5.74, 6) is -0.531. The highest BCUT2D eigenvalue weighted by Crippen LogP contribution is 2.30. The number of rotatable bonds is 9. The van der Waals surface area contributed by atoms with Crippen LogP contribution in [0.5, 0.6) is 11.5 Å². The van der Waals surface area contributed by atoms with Crippen LogP contribution in [0.3, 0.4) is 0 Å². The third-order valence-electron chi connectivity index (χ3n) is 4.86. The molecule has 7 nitrogen and oxygen atoms in total. The second-order valence-electron chi connectivity index (χ2n) is 7.07. The molecule has 3 aromatic carbocycles. The van der Waals surface area contributed by atoms with Gasteiger partial charge < -0.3 is 14.8 Å². The lowest BCUT2D eigenvalue weighted by atomic mass is 10.0. The summed E-state index contributed by atoms with van der Waals surface area (Å²) < 4.78 is 52.0. The van der Waals surface area contributed by atoms with Crippen molar-refractivity contribution in [1.82, 2.24) is 4.72 Å². The molecule has 0 aliphatic heterocycles. The highest BCUT2D eigenvalue weighted by Gasteiger charge is 2.19. The van der Waals surface area contributed by atoms with Crippen molar-refractivity contribution in [1.29, 1.82) is 0 Å². The van der Waals surface area contributed by atoms with Gasteiger partial charge in [-0.25, -0.2) is 17.5 Å². The number of ether oxygens (including phenoxy) is 2. The van der Waals surface area contributed by atoms with Crippen molar-refractivity contribution in [2.45, 2.75) is 11.3 Å². The molecule has 3 aromatic rings. The molecule has 1 amide bonds. The summed E-state index contributed by atoms with van der Waals surface area (Å²) in [4.78, 5) is 12.4. The Labute approximate surface area is 206 Å². The number of hydrogen-bond donors (Lipinski definition) is 2. The first-order chi connectivity index (χ1) is 16.1. The number of carbonyl (C=O) groups is 1. The van der Waals surface area contributed by atoms with Gasteiger partial charge in [-0.15, -0.1) is 0 Å². The van der Waals surface area contributed by atoms with Crippen LogP contribution in [0.1, 0.15) is 11.1 Å². The van der Waals surface area contributed by atoms with Crippen LogP contribution < -0.4 is 19.5 Å². The summed E-state index contributed by atoms with van der Waals surface area (Å²) in [6, 6.07) is 13.1. The zero-order chi connectivity index (χ0) is 24.9. The van der Waals surface area contributed by atoms with Gasteiger partial charge in [0.25, 0.3) is 0 Å². The van der Waals surface area contributed by atoms with E-state index in [1.54, 1.807) is 24.3 Å². The third kappa shape index (κ3) is 6.18. The van der Waals surface area contributed by atoms with E-state index in [-0.39, 0.29) is 27.7 Å². The maximum absolute atomic E-state index is 14.2. The molecule has 180 valence electrons. The number of hydrogen-bond acceptors (Lipinski definition) is 5. The van der Waals surface area contributed by atoms with Crippen molar-refractivity contribution in [2.24, 2.45) is 0 Å². The molecule has 0 spiro atoms. The average molecular weight is 527 g/mol. The second kappa shape index (κ2) is 11.1. The van der Waals surface area contributed by atoms with E-state index in [1.165, 1.54) is 44.6 Å². The Morgan fingerprint density at radius 3 is 2.41 bits per heavy atom. The molecule has 0 aromatic heterocycles. The van der Waals surface area contributed by atoms with Crippen molar-refractivity contribution in [3.63, 3.8) is 0 Å². The van der Waals surface area contributed by atoms with E-state index < -0.39 is 28.3 Å². The minimum atomic E-state index is -4.02. The van der Waals surface area contributed by atoms with Gasteiger partial charge in [0.15, 0.2) is 11.5 Å². The molecule has 0 atom stereocenters. The number of nitrogens with one attached hydrogen (secondary N) is 2. The zero-order valence-corrected chi connectivity index (χ0v) is 20.5. The van der Waals surface area contributed by atoms with E-state index in [4.69, 9.17) is 32.7 Å². The minimum Gasteiger partial charge on any atom is -0.493 e. The van der Waals surface area contributed by atoms with Crippen LogP contribution >= 0.6 is 23.2 Å². The number of halogens is 3. The van der Waals surface area contributed by atoms with E-state index >= 15 is 0 Å². The summed E-state index contributed by atoms with van der Waals surface area (Å²) in [5, 5.41) is 3.25. The van der Waals surface area contributed by atoms with Gasteiger partial charge in [-0.1, -0.05) is 29.3 Å². The summed E-state index contributed by atoms with van der Waals surface area (Å²) >= 11 is 12.2. The average Bonchev–Trinajstić information content (AvgIpc) is 2.81. The zero-order valence-electron chi connectivity index (χ0n) is 18.2. The molecule has 2 N–H and O–H groups in total. The molecule has 0 aliphatic carbocycles. The van der Waals surface area contributed by atoms with Gasteiger partial charge in [-0.3, -0.25) is 4.79 Å². The van der Waals surface area contributed by atoms with Crippen LogP contribution in [0.25, 0.3) is 0 Å². The quantitative estimate of drug-likeness (QED) is 0.423. The summed E-state index contributed by atoms with van der Waals surface area (Å²) in [7, 11) is -1.20. The minimum absolute atomic E-state index is 0.0685. The van der Waals surface area contributed by atoms with Crippen molar-refractivity contribution in [3.8, 4) is 11.5 Å². The third-order valence-corrected chi connectivity index (χ3v) is 6.85. The predicted octanol–water partition coefficient (Wildman–Crippen LogP) is 4.66. The molecule has 0 fully saturated rings. The van der Waals surface area contributed by atoms with Gasteiger partial charge in [0.05, 0.1) is 25.7 Å². The molecule has 0 radical (unpaired) electrons. The normalized spacial score (nSPS) is 11.2. The second-order valence-corrected chi connectivity index (χ2v) is 9.68. The number of benzene rings is 3. The number of carbonyl (C=O) groups excluding carboxylic acids is 1. The fourth-order valence-corrected chi connectivity index (χ4v) is 4.57. The first kappa shape index (κ1) is 25.8. The van der Waals surface area contributed by atoms with Crippen molar-refractivity contribution in [2.75, 3.05) is 26.1 Å². The molecule has 0 heterocycles. The molecule has 34 heavy (non-hydrogen) atoms. The molecule has 0 bridgehead atoms. The molecular formula is C23H21Cl2FN2O5S. The monoisotopic (exact) mass is 526 g/mol. The van der Waals surface area contributed by atoms with Gasteiger partial charge in [-0.2, -0.15) is 0 Å². The standard InChI is InChI=1S/C23H21Cl2FN2O5S/c1-32-21-9-7-16(12-22(21)33-2)34(30,31)27-13-23(29)28-20-8-6-15(24)10-14(20)11-17-18(25)4-3-5-19(17)26/h3-10,12,27H,11,13H2,1-2H3,(H,28,29). The van der Waals surface area contributed by atoms with Crippen LogP contribution in [0.15, 0.2) is 59.5 Å². The van der Waals surface area contributed by atoms with Crippen LogP contribution in [-0.4, -0.2) is 35.1 Å². The Morgan fingerprint density at radius 2 is 1.74 bits per heavy atom. The molecule has 11 heteroatoms. The molecule has 0 unspecified atom stereocenters. The van der Waals surface area contributed by atoms with Crippen molar-refractivity contribution >= 4 is 44.8 Å². The molecule has 3 rings (SSSR count). The number of sulfonamides is 1. The van der Waals surface area contributed by atoms with Crippen molar-refractivity contribution in [3.05, 3.63) is 81.6 Å². The fourth-order valence-electron chi connectivity index (χ4n) is 3.14. The van der Waals surface area contributed by atoms with Gasteiger partial charge in [0, 0.05) is 33.8 Å². The summed E-state index contributed by atoms with van der Waals surface area (Å²) in [6.45, 7) is -0.542. The predicted molar refractivity (Wildman–Crippen MR) is 129 cm³/mol. The maximum atomic E-state index is 14.2. The first-order valence-electron chi connectivity index (χ1n) is 9.87. The van der Waals surface area contributed by atoms with Gasteiger partial charge in [-0.05, 0) is 48.0 Å². The van der Waals surface area contributed by atoms with E-state index in [0.29, 0.717) is 22.0 Å².